The minimum atomic E-state index is -4.45. The molecule has 4 heterocycles. The number of hydrogen-bond acceptors (Lipinski definition) is 6. The number of imidazole rings is 1. The number of ether oxygens (including phenoxy) is 1. The summed E-state index contributed by atoms with van der Waals surface area (Å²) in [7, 11) is 0. The molecule has 3 aromatic heterocycles. The Kier molecular flexibility index (Phi) is 6.05. The molecule has 1 N–H and O–H groups in total. The summed E-state index contributed by atoms with van der Waals surface area (Å²) < 4.78 is 47.2. The monoisotopic (exact) mass is 532 g/mol. The van der Waals surface area contributed by atoms with Crippen LogP contribution in [-0.2, 0) is 19.1 Å². The second-order valence-electron chi connectivity index (χ2n) is 9.30. The Balaban J connectivity index is 1.37. The van der Waals surface area contributed by atoms with Crippen molar-refractivity contribution in [3.63, 3.8) is 0 Å². The Morgan fingerprint density at radius 3 is 2.62 bits per heavy atom. The highest BCUT2D eigenvalue weighted by Crippen LogP contribution is 2.32. The molecule has 0 spiro atoms. The molecule has 1 aliphatic heterocycles. The molecule has 6 rings (SSSR count). The summed E-state index contributed by atoms with van der Waals surface area (Å²) in [5.74, 6) is 0.395. The van der Waals surface area contributed by atoms with E-state index in [-0.39, 0.29) is 23.6 Å². The predicted octanol–water partition coefficient (Wildman–Crippen LogP) is 5.23. The van der Waals surface area contributed by atoms with Crippen LogP contribution in [0.1, 0.15) is 35.4 Å². The van der Waals surface area contributed by atoms with Gasteiger partial charge in [0.25, 0.3) is 5.56 Å². The molecule has 0 fully saturated rings. The zero-order valence-corrected chi connectivity index (χ0v) is 20.8. The van der Waals surface area contributed by atoms with Gasteiger partial charge in [-0.15, -0.1) is 0 Å². The van der Waals surface area contributed by atoms with Gasteiger partial charge in [-0.1, -0.05) is 24.3 Å². The summed E-state index contributed by atoms with van der Waals surface area (Å²) in [6.07, 6.45) is -1.04. The fraction of sp³-hybridized carbons (Fsp3) is 0.214. The fourth-order valence-electron chi connectivity index (χ4n) is 4.68. The van der Waals surface area contributed by atoms with Crippen LogP contribution in [0.15, 0.2) is 77.9 Å². The number of aromatic nitrogens is 5. The third kappa shape index (κ3) is 4.71. The number of alkyl halides is 3. The number of nitrogens with zero attached hydrogens (tertiary/aromatic N) is 5. The highest BCUT2D eigenvalue weighted by molar-refractivity contribution is 5.78. The van der Waals surface area contributed by atoms with Gasteiger partial charge in [-0.2, -0.15) is 13.2 Å². The second-order valence-corrected chi connectivity index (χ2v) is 9.30. The van der Waals surface area contributed by atoms with E-state index in [1.54, 1.807) is 24.5 Å². The average Bonchev–Trinajstić information content (AvgIpc) is 3.37. The summed E-state index contributed by atoms with van der Waals surface area (Å²) in [5.41, 5.74) is 2.20. The van der Waals surface area contributed by atoms with Crippen LogP contribution in [0.25, 0.3) is 16.7 Å². The molecule has 0 saturated carbocycles. The first-order valence-corrected chi connectivity index (χ1v) is 12.4. The van der Waals surface area contributed by atoms with E-state index in [0.29, 0.717) is 41.4 Å². The number of fused-ring (bicyclic) bond motifs is 2. The normalized spacial score (nSPS) is 14.3. The van der Waals surface area contributed by atoms with Gasteiger partial charge < -0.3 is 14.6 Å². The first kappa shape index (κ1) is 24.7. The molecule has 5 aromatic rings. The standard InChI is InChI=1S/C28H23F3N6O2/c1-17(18-6-5-12-32-15-18)39-27-35-22-11-13-36(16-21(22)25(38)37(27)20-7-3-2-4-8-20)26-33-23-10-9-19(28(29,30)31)14-24(23)34-26/h2-10,12,14-15,17H,11,13,16H2,1H3,(H,33,34). The number of anilines is 1. The maximum atomic E-state index is 13.9. The number of para-hydroxylation sites is 1. The van der Waals surface area contributed by atoms with Gasteiger partial charge in [-0.3, -0.25) is 9.78 Å². The Labute approximate surface area is 220 Å². The molecule has 39 heavy (non-hydrogen) atoms. The molecular formula is C28H23F3N6O2. The van der Waals surface area contributed by atoms with Gasteiger partial charge in [0, 0.05) is 30.9 Å². The Morgan fingerprint density at radius 2 is 1.87 bits per heavy atom. The van der Waals surface area contributed by atoms with Gasteiger partial charge in [-0.05, 0) is 43.3 Å². The predicted molar refractivity (Wildman–Crippen MR) is 139 cm³/mol. The van der Waals surface area contributed by atoms with Crippen molar-refractivity contribution in [3.05, 3.63) is 106 Å². The van der Waals surface area contributed by atoms with Crippen LogP contribution < -0.4 is 15.2 Å². The molecule has 0 bridgehead atoms. The van der Waals surface area contributed by atoms with E-state index in [2.05, 4.69) is 15.0 Å². The highest BCUT2D eigenvalue weighted by atomic mass is 19.4. The molecule has 8 nitrogen and oxygen atoms in total. The highest BCUT2D eigenvalue weighted by Gasteiger charge is 2.31. The van der Waals surface area contributed by atoms with Crippen LogP contribution in [0, 0.1) is 0 Å². The summed E-state index contributed by atoms with van der Waals surface area (Å²) in [6.45, 7) is 2.53. The van der Waals surface area contributed by atoms with Gasteiger partial charge >= 0.3 is 12.2 Å². The quantitative estimate of drug-likeness (QED) is 0.334. The van der Waals surface area contributed by atoms with Gasteiger partial charge in [0.2, 0.25) is 5.95 Å². The van der Waals surface area contributed by atoms with Crippen LogP contribution in [0.2, 0.25) is 0 Å². The Morgan fingerprint density at radius 1 is 1.05 bits per heavy atom. The molecule has 1 atom stereocenters. The Bertz CT molecular complexity index is 1700. The van der Waals surface area contributed by atoms with Gasteiger partial charge in [0.1, 0.15) is 6.10 Å². The summed E-state index contributed by atoms with van der Waals surface area (Å²) in [6, 6.07) is 16.4. The summed E-state index contributed by atoms with van der Waals surface area (Å²) in [4.78, 5) is 32.1. The minimum Gasteiger partial charge on any atom is -0.456 e. The third-order valence-electron chi connectivity index (χ3n) is 6.75. The van der Waals surface area contributed by atoms with Crippen molar-refractivity contribution in [2.75, 3.05) is 11.4 Å². The number of rotatable bonds is 5. The van der Waals surface area contributed by atoms with E-state index in [9.17, 15) is 18.0 Å². The lowest BCUT2D eigenvalue weighted by Crippen LogP contribution is -2.38. The minimum absolute atomic E-state index is 0.179. The van der Waals surface area contributed by atoms with E-state index in [0.717, 1.165) is 17.7 Å². The number of benzene rings is 2. The summed E-state index contributed by atoms with van der Waals surface area (Å²) >= 11 is 0. The van der Waals surface area contributed by atoms with Crippen molar-refractivity contribution in [2.45, 2.75) is 32.2 Å². The molecule has 11 heteroatoms. The lowest BCUT2D eigenvalue weighted by molar-refractivity contribution is -0.137. The average molecular weight is 533 g/mol. The number of H-pyrrole nitrogens is 1. The zero-order chi connectivity index (χ0) is 27.1. The lowest BCUT2D eigenvalue weighted by Gasteiger charge is -2.29. The molecule has 1 unspecified atom stereocenters. The van der Waals surface area contributed by atoms with Crippen LogP contribution >= 0.6 is 0 Å². The van der Waals surface area contributed by atoms with E-state index in [1.165, 1.54) is 10.6 Å². The molecule has 198 valence electrons. The van der Waals surface area contributed by atoms with Crippen molar-refractivity contribution >= 4 is 17.0 Å². The fourth-order valence-corrected chi connectivity index (χ4v) is 4.68. The largest absolute Gasteiger partial charge is 0.456 e. The van der Waals surface area contributed by atoms with Crippen molar-refractivity contribution < 1.29 is 17.9 Å². The number of hydrogen-bond donors (Lipinski definition) is 1. The number of pyridine rings is 1. The molecule has 0 aliphatic carbocycles. The SMILES string of the molecule is CC(Oc1nc2c(c(=O)n1-c1ccccc1)CN(c1nc3ccc(C(F)(F)F)cc3[nH]1)CC2)c1cccnc1. The van der Waals surface area contributed by atoms with Crippen LogP contribution in [-0.4, -0.2) is 31.0 Å². The number of halogens is 3. The van der Waals surface area contributed by atoms with E-state index >= 15 is 0 Å². The summed E-state index contributed by atoms with van der Waals surface area (Å²) in [5, 5.41) is 0. The third-order valence-corrected chi connectivity index (χ3v) is 6.75. The first-order valence-electron chi connectivity index (χ1n) is 12.4. The van der Waals surface area contributed by atoms with Crippen LogP contribution in [0.5, 0.6) is 6.01 Å². The molecule has 0 amide bonds. The maximum Gasteiger partial charge on any atom is 0.416 e. The first-order chi connectivity index (χ1) is 18.8. The zero-order valence-electron chi connectivity index (χ0n) is 20.8. The molecule has 1 aliphatic rings. The topological polar surface area (TPSA) is 88.9 Å². The molecule has 0 saturated heterocycles. The maximum absolute atomic E-state index is 13.9. The van der Waals surface area contributed by atoms with Crippen molar-refractivity contribution in [2.24, 2.45) is 0 Å². The molecule has 2 aromatic carbocycles. The second kappa shape index (κ2) is 9.57. The van der Waals surface area contributed by atoms with Gasteiger partial charge in [-0.25, -0.2) is 14.5 Å². The van der Waals surface area contributed by atoms with Gasteiger partial charge in [0.05, 0.1) is 40.1 Å². The van der Waals surface area contributed by atoms with E-state index < -0.39 is 17.8 Å². The molecular weight excluding hydrogens is 509 g/mol. The van der Waals surface area contributed by atoms with E-state index in [4.69, 9.17) is 9.72 Å². The Hall–Kier alpha value is -4.67. The van der Waals surface area contributed by atoms with Crippen LogP contribution in [0.3, 0.4) is 0 Å². The van der Waals surface area contributed by atoms with Crippen molar-refractivity contribution in [1.82, 2.24) is 24.5 Å². The van der Waals surface area contributed by atoms with E-state index in [1.807, 2.05) is 42.2 Å². The van der Waals surface area contributed by atoms with Crippen LogP contribution in [0.4, 0.5) is 19.1 Å². The number of nitrogens with one attached hydrogen (secondary N) is 1. The van der Waals surface area contributed by atoms with Crippen molar-refractivity contribution in [1.29, 1.82) is 0 Å². The lowest BCUT2D eigenvalue weighted by atomic mass is 10.1. The number of aromatic amines is 1. The van der Waals surface area contributed by atoms with Crippen molar-refractivity contribution in [3.8, 4) is 11.7 Å². The molecule has 0 radical (unpaired) electrons. The van der Waals surface area contributed by atoms with Gasteiger partial charge in [0.15, 0.2) is 0 Å². The smallest absolute Gasteiger partial charge is 0.416 e.